The molecule has 0 spiro atoms. The molecular weight excluding hydrogens is 470 g/mol. The summed E-state index contributed by atoms with van der Waals surface area (Å²) >= 11 is 1.60. The van der Waals surface area contributed by atoms with E-state index >= 15 is 0 Å². The predicted octanol–water partition coefficient (Wildman–Crippen LogP) is 4.30. The molecule has 1 amide bonds. The van der Waals surface area contributed by atoms with E-state index < -0.39 is 35.0 Å². The van der Waals surface area contributed by atoms with E-state index in [1.54, 1.807) is 60.2 Å². The van der Waals surface area contributed by atoms with Crippen molar-refractivity contribution < 1.29 is 28.6 Å². The van der Waals surface area contributed by atoms with Gasteiger partial charge in [0, 0.05) is 6.54 Å². The molecule has 1 aromatic rings. The molecule has 0 aliphatic carbocycles. The van der Waals surface area contributed by atoms with Crippen LogP contribution in [0, 0.1) is 0 Å². The van der Waals surface area contributed by atoms with Gasteiger partial charge in [-0.15, -0.1) is 0 Å². The Hall–Kier alpha value is -2.46. The number of nitrogens with one attached hydrogen (secondary N) is 2. The third-order valence-electron chi connectivity index (χ3n) is 5.49. The zero-order valence-corrected chi connectivity index (χ0v) is 22.6. The number of amides is 1. The summed E-state index contributed by atoms with van der Waals surface area (Å²) in [7, 11) is 0. The molecule has 35 heavy (non-hydrogen) atoms. The molecule has 0 saturated heterocycles. The Morgan fingerprint density at radius 2 is 1.80 bits per heavy atom. The number of rotatable bonds is 5. The first kappa shape index (κ1) is 27.1. The normalized spacial score (nSPS) is 21.5. The number of hydrogen-bond acceptors (Lipinski definition) is 9. The fraction of sp³-hybridized carbons (Fsp3) is 0.640. The molecule has 2 aliphatic heterocycles. The van der Waals surface area contributed by atoms with E-state index in [2.05, 4.69) is 16.9 Å². The minimum Gasteiger partial charge on any atom is -0.486 e. The number of benzene rings is 1. The fourth-order valence-electron chi connectivity index (χ4n) is 3.80. The Bertz CT molecular complexity index is 984. The van der Waals surface area contributed by atoms with Gasteiger partial charge in [-0.1, -0.05) is 17.8 Å². The van der Waals surface area contributed by atoms with Gasteiger partial charge in [-0.05, 0) is 90.8 Å². The third kappa shape index (κ3) is 7.04. The summed E-state index contributed by atoms with van der Waals surface area (Å²) in [5.41, 5.74) is 1.34. The second-order valence-corrected chi connectivity index (χ2v) is 11.7. The average molecular weight is 508 g/mol. The number of aliphatic imine (C=N–C) groups is 1. The molecule has 1 unspecified atom stereocenters. The molecule has 0 saturated carbocycles. The Kier molecular flexibility index (Phi) is 7.96. The van der Waals surface area contributed by atoms with Crippen molar-refractivity contribution in [1.82, 2.24) is 10.8 Å². The first-order valence-electron chi connectivity index (χ1n) is 11.8. The van der Waals surface area contributed by atoms with Gasteiger partial charge >= 0.3 is 12.1 Å². The van der Waals surface area contributed by atoms with E-state index in [0.29, 0.717) is 18.6 Å². The van der Waals surface area contributed by atoms with Gasteiger partial charge in [0.1, 0.15) is 23.1 Å². The number of amidine groups is 1. The van der Waals surface area contributed by atoms with Crippen LogP contribution >= 0.6 is 11.8 Å². The van der Waals surface area contributed by atoms with Crippen LogP contribution in [0.5, 0.6) is 5.75 Å². The SMILES string of the molecule is CSC1=NC(c2ccc3c(c2)CC[C@H]([C@](C)(ONC(=O)OC(C)(C)C)C(=O)OC(C)(C)C)O3)CN1. The van der Waals surface area contributed by atoms with Crippen molar-refractivity contribution in [3.05, 3.63) is 29.3 Å². The number of nitrogens with zero attached hydrogens (tertiary/aromatic N) is 1. The highest BCUT2D eigenvalue weighted by Crippen LogP contribution is 2.36. The number of hydrogen-bond donors (Lipinski definition) is 2. The number of esters is 1. The average Bonchev–Trinajstić information content (AvgIpc) is 3.23. The second-order valence-electron chi connectivity index (χ2n) is 10.9. The molecular formula is C25H37N3O6S. The Balaban J connectivity index is 1.79. The molecule has 194 valence electrons. The number of aryl methyl sites for hydroxylation is 1. The highest BCUT2D eigenvalue weighted by Gasteiger charge is 2.50. The molecule has 2 N–H and O–H groups in total. The number of thioether (sulfide) groups is 1. The van der Waals surface area contributed by atoms with Gasteiger partial charge in [0.15, 0.2) is 5.17 Å². The standard InChI is InChI=1S/C25H37N3O6S/c1-23(2,3)32-20(29)25(7,34-28-22(30)33-24(4,5)6)19-12-10-16-13-15(9-11-18(16)31-19)17-14-26-21(27-17)35-8/h9,11,13,17,19H,10,12,14H2,1-8H3,(H,26,27)(H,28,30)/t17?,19-,25+/m1/s1. The maximum Gasteiger partial charge on any atom is 0.431 e. The van der Waals surface area contributed by atoms with Gasteiger partial charge in [-0.2, -0.15) is 5.48 Å². The van der Waals surface area contributed by atoms with Crippen LogP contribution in [-0.2, 0) is 25.5 Å². The van der Waals surface area contributed by atoms with Crippen molar-refractivity contribution in [3.63, 3.8) is 0 Å². The highest BCUT2D eigenvalue weighted by molar-refractivity contribution is 8.13. The van der Waals surface area contributed by atoms with Crippen molar-refractivity contribution in [2.75, 3.05) is 12.8 Å². The lowest BCUT2D eigenvalue weighted by Gasteiger charge is -2.39. The van der Waals surface area contributed by atoms with Gasteiger partial charge in [-0.3, -0.25) is 4.99 Å². The molecule has 3 rings (SSSR count). The quantitative estimate of drug-likeness (QED) is 0.449. The van der Waals surface area contributed by atoms with Crippen LogP contribution in [0.4, 0.5) is 4.79 Å². The molecule has 10 heteroatoms. The molecule has 3 atom stereocenters. The first-order valence-corrected chi connectivity index (χ1v) is 13.0. The van der Waals surface area contributed by atoms with Crippen LogP contribution in [0.2, 0.25) is 0 Å². The van der Waals surface area contributed by atoms with E-state index in [-0.39, 0.29) is 6.04 Å². The van der Waals surface area contributed by atoms with Crippen LogP contribution in [-0.4, -0.2) is 52.9 Å². The van der Waals surface area contributed by atoms with E-state index in [1.807, 2.05) is 18.4 Å². The zero-order valence-electron chi connectivity index (χ0n) is 21.8. The Morgan fingerprint density at radius 1 is 1.11 bits per heavy atom. The third-order valence-corrected chi connectivity index (χ3v) is 6.13. The number of carbonyl (C=O) groups is 2. The van der Waals surface area contributed by atoms with E-state index in [0.717, 1.165) is 22.8 Å². The number of fused-ring (bicyclic) bond motifs is 1. The maximum atomic E-state index is 13.2. The maximum absolute atomic E-state index is 13.2. The molecule has 2 heterocycles. The number of ether oxygens (including phenoxy) is 3. The van der Waals surface area contributed by atoms with Gasteiger partial charge in [0.2, 0.25) is 5.60 Å². The zero-order chi connectivity index (χ0) is 26.0. The minimum atomic E-state index is -1.60. The summed E-state index contributed by atoms with van der Waals surface area (Å²) in [6.07, 6.45) is 1.66. The molecule has 2 aliphatic rings. The summed E-state index contributed by atoms with van der Waals surface area (Å²) in [6.45, 7) is 12.9. The Morgan fingerprint density at radius 3 is 2.40 bits per heavy atom. The smallest absolute Gasteiger partial charge is 0.431 e. The van der Waals surface area contributed by atoms with Crippen molar-refractivity contribution in [2.45, 2.75) is 90.3 Å². The van der Waals surface area contributed by atoms with Crippen molar-refractivity contribution >= 4 is 29.0 Å². The van der Waals surface area contributed by atoms with Crippen LogP contribution in [0.25, 0.3) is 0 Å². The van der Waals surface area contributed by atoms with Crippen LogP contribution in [0.15, 0.2) is 23.2 Å². The van der Waals surface area contributed by atoms with Gasteiger partial charge in [0.25, 0.3) is 0 Å². The summed E-state index contributed by atoms with van der Waals surface area (Å²) in [5.74, 6) is 0.0303. The lowest BCUT2D eigenvalue weighted by molar-refractivity contribution is -0.205. The van der Waals surface area contributed by atoms with Crippen molar-refractivity contribution in [3.8, 4) is 5.75 Å². The fourth-order valence-corrected chi connectivity index (χ4v) is 4.26. The van der Waals surface area contributed by atoms with Gasteiger partial charge in [-0.25, -0.2) is 14.4 Å². The van der Waals surface area contributed by atoms with Gasteiger partial charge < -0.3 is 19.5 Å². The van der Waals surface area contributed by atoms with E-state index in [1.165, 1.54) is 0 Å². The largest absolute Gasteiger partial charge is 0.486 e. The molecule has 0 bridgehead atoms. The van der Waals surface area contributed by atoms with Crippen molar-refractivity contribution in [2.24, 2.45) is 4.99 Å². The molecule has 0 radical (unpaired) electrons. The van der Waals surface area contributed by atoms with Crippen LogP contribution < -0.4 is 15.5 Å². The van der Waals surface area contributed by atoms with Crippen molar-refractivity contribution in [1.29, 1.82) is 0 Å². The predicted molar refractivity (Wildman–Crippen MR) is 136 cm³/mol. The first-order chi connectivity index (χ1) is 16.2. The number of hydroxylamine groups is 1. The summed E-state index contributed by atoms with van der Waals surface area (Å²) in [6, 6.07) is 6.06. The monoisotopic (exact) mass is 507 g/mol. The molecule has 9 nitrogen and oxygen atoms in total. The lowest BCUT2D eigenvalue weighted by Crippen LogP contribution is -2.58. The van der Waals surface area contributed by atoms with E-state index in [4.69, 9.17) is 24.0 Å². The molecule has 0 fully saturated rings. The van der Waals surface area contributed by atoms with E-state index in [9.17, 15) is 9.59 Å². The summed E-state index contributed by atoms with van der Waals surface area (Å²) in [5, 5.41) is 4.24. The summed E-state index contributed by atoms with van der Waals surface area (Å²) < 4.78 is 17.1. The van der Waals surface area contributed by atoms with Crippen LogP contribution in [0.3, 0.4) is 0 Å². The molecule has 0 aromatic heterocycles. The number of carbonyl (C=O) groups excluding carboxylic acids is 2. The lowest BCUT2D eigenvalue weighted by atomic mass is 9.89. The summed E-state index contributed by atoms with van der Waals surface area (Å²) in [4.78, 5) is 35.8. The Labute approximate surface area is 211 Å². The molecule has 1 aromatic carbocycles. The minimum absolute atomic E-state index is 0.0638. The highest BCUT2D eigenvalue weighted by atomic mass is 32.2. The van der Waals surface area contributed by atoms with Crippen LogP contribution in [0.1, 0.15) is 72.1 Å². The van der Waals surface area contributed by atoms with Gasteiger partial charge in [0.05, 0.1) is 6.04 Å². The topological polar surface area (TPSA) is 107 Å². The second kappa shape index (κ2) is 10.3.